The number of urea groups is 1. The number of aryl methyl sites for hydroxylation is 1. The number of anilines is 1. The van der Waals surface area contributed by atoms with Gasteiger partial charge in [0.1, 0.15) is 11.5 Å². The molecule has 0 atom stereocenters. The van der Waals surface area contributed by atoms with Gasteiger partial charge < -0.3 is 15.3 Å². The van der Waals surface area contributed by atoms with Gasteiger partial charge in [-0.1, -0.05) is 0 Å². The van der Waals surface area contributed by atoms with Gasteiger partial charge in [0.2, 0.25) is 0 Å². The molecule has 0 aliphatic heterocycles. The third kappa shape index (κ3) is 3.99. The Morgan fingerprint density at radius 1 is 1.43 bits per heavy atom. The molecule has 0 radical (unpaired) electrons. The molecule has 0 aliphatic carbocycles. The summed E-state index contributed by atoms with van der Waals surface area (Å²) in [6, 6.07) is 3.46. The highest BCUT2D eigenvalue weighted by atomic mass is 19.1. The maximum atomic E-state index is 13.9. The number of nitrogens with one attached hydrogen (secondary N) is 1. The lowest BCUT2D eigenvalue weighted by atomic mass is 10.2. The number of aromatic nitrogens is 4. The van der Waals surface area contributed by atoms with Gasteiger partial charge in [-0.15, -0.1) is 5.10 Å². The number of hydrogen-bond donors (Lipinski definition) is 2. The largest absolute Gasteiger partial charge is 0.481 e. The lowest BCUT2D eigenvalue weighted by Gasteiger charge is -2.17. The molecule has 1 heterocycles. The van der Waals surface area contributed by atoms with Gasteiger partial charge in [0.25, 0.3) is 0 Å². The van der Waals surface area contributed by atoms with E-state index in [1.807, 2.05) is 0 Å². The van der Waals surface area contributed by atoms with Crippen molar-refractivity contribution < 1.29 is 19.1 Å². The van der Waals surface area contributed by atoms with Gasteiger partial charge in [-0.05, 0) is 35.5 Å². The van der Waals surface area contributed by atoms with E-state index in [-0.39, 0.29) is 18.7 Å². The highest BCUT2D eigenvalue weighted by Gasteiger charge is 2.14. The molecule has 0 saturated carbocycles. The maximum absolute atomic E-state index is 13.9. The Morgan fingerprint density at radius 2 is 2.17 bits per heavy atom. The number of nitrogens with zero attached hydrogens (tertiary/aromatic N) is 5. The van der Waals surface area contributed by atoms with Crippen molar-refractivity contribution in [2.45, 2.75) is 13.3 Å². The Hall–Kier alpha value is -3.04. The number of amides is 2. The van der Waals surface area contributed by atoms with E-state index in [9.17, 15) is 14.0 Å². The fourth-order valence-electron chi connectivity index (χ4n) is 1.79. The SMILES string of the molecule is Cc1nnnn1-c1cc(NC(=O)N(C)CCC(=O)O)ccc1F. The van der Waals surface area contributed by atoms with Gasteiger partial charge >= 0.3 is 12.0 Å². The van der Waals surface area contributed by atoms with E-state index in [1.165, 1.54) is 34.8 Å². The summed E-state index contributed by atoms with van der Waals surface area (Å²) < 4.78 is 15.1. The molecule has 0 saturated heterocycles. The van der Waals surface area contributed by atoms with Crippen LogP contribution in [0.5, 0.6) is 0 Å². The first-order chi connectivity index (χ1) is 10.9. The molecule has 0 unspecified atom stereocenters. The van der Waals surface area contributed by atoms with Crippen LogP contribution in [0.2, 0.25) is 0 Å². The molecule has 2 N–H and O–H groups in total. The summed E-state index contributed by atoms with van der Waals surface area (Å²) in [6.07, 6.45) is -0.164. The third-order valence-corrected chi connectivity index (χ3v) is 3.06. The Bertz CT molecular complexity index is 732. The maximum Gasteiger partial charge on any atom is 0.321 e. The van der Waals surface area contributed by atoms with Gasteiger partial charge in [0, 0.05) is 19.3 Å². The minimum atomic E-state index is -0.997. The molecule has 2 aromatic rings. The van der Waals surface area contributed by atoms with Crippen LogP contribution < -0.4 is 5.32 Å². The van der Waals surface area contributed by atoms with Crippen LogP contribution in [0.4, 0.5) is 14.9 Å². The van der Waals surface area contributed by atoms with Crippen LogP contribution in [0.15, 0.2) is 18.2 Å². The number of aliphatic carboxylic acids is 1. The lowest BCUT2D eigenvalue weighted by Crippen LogP contribution is -2.33. The van der Waals surface area contributed by atoms with Crippen molar-refractivity contribution in [2.24, 2.45) is 0 Å². The molecular weight excluding hydrogens is 307 g/mol. The monoisotopic (exact) mass is 322 g/mol. The summed E-state index contributed by atoms with van der Waals surface area (Å²) in [5, 5.41) is 22.0. The van der Waals surface area contributed by atoms with Crippen LogP contribution in [0.1, 0.15) is 12.2 Å². The van der Waals surface area contributed by atoms with Gasteiger partial charge in [-0.2, -0.15) is 4.68 Å². The van der Waals surface area contributed by atoms with Crippen LogP contribution in [0.25, 0.3) is 5.69 Å². The first-order valence-electron chi connectivity index (χ1n) is 6.67. The highest BCUT2D eigenvalue weighted by Crippen LogP contribution is 2.19. The number of carbonyl (C=O) groups excluding carboxylic acids is 1. The summed E-state index contributed by atoms with van der Waals surface area (Å²) in [5.74, 6) is -1.15. The van der Waals surface area contributed by atoms with Crippen molar-refractivity contribution in [3.05, 3.63) is 29.8 Å². The predicted octanol–water partition coefficient (Wildman–Crippen LogP) is 1.05. The number of tetrazole rings is 1. The van der Waals surface area contributed by atoms with Crippen LogP contribution >= 0.6 is 0 Å². The van der Waals surface area contributed by atoms with Crippen LogP contribution in [0.3, 0.4) is 0 Å². The van der Waals surface area contributed by atoms with Crippen molar-refractivity contribution in [3.8, 4) is 5.69 Å². The van der Waals surface area contributed by atoms with Crippen molar-refractivity contribution in [1.29, 1.82) is 0 Å². The average Bonchev–Trinajstić information content (AvgIpc) is 2.92. The predicted molar refractivity (Wildman–Crippen MR) is 77.8 cm³/mol. The van der Waals surface area contributed by atoms with Gasteiger partial charge in [0.15, 0.2) is 5.82 Å². The van der Waals surface area contributed by atoms with Crippen molar-refractivity contribution in [3.63, 3.8) is 0 Å². The van der Waals surface area contributed by atoms with E-state index < -0.39 is 17.8 Å². The van der Waals surface area contributed by atoms with E-state index in [0.717, 1.165) is 0 Å². The van der Waals surface area contributed by atoms with Crippen molar-refractivity contribution >= 4 is 17.7 Å². The first-order valence-corrected chi connectivity index (χ1v) is 6.67. The number of benzene rings is 1. The van der Waals surface area contributed by atoms with Gasteiger partial charge in [0.05, 0.1) is 6.42 Å². The molecule has 0 spiro atoms. The van der Waals surface area contributed by atoms with Crippen molar-refractivity contribution in [1.82, 2.24) is 25.1 Å². The molecule has 122 valence electrons. The van der Waals surface area contributed by atoms with Crippen LogP contribution in [0, 0.1) is 12.7 Å². The highest BCUT2D eigenvalue weighted by molar-refractivity contribution is 5.89. The summed E-state index contributed by atoms with van der Waals surface area (Å²) in [7, 11) is 1.47. The quantitative estimate of drug-likeness (QED) is 0.850. The zero-order valence-corrected chi connectivity index (χ0v) is 12.5. The lowest BCUT2D eigenvalue weighted by molar-refractivity contribution is -0.137. The number of carboxylic acid groups (broad SMARTS) is 1. The zero-order chi connectivity index (χ0) is 17.0. The molecule has 0 aliphatic rings. The summed E-state index contributed by atoms with van der Waals surface area (Å²) in [4.78, 5) is 23.7. The fourth-order valence-corrected chi connectivity index (χ4v) is 1.79. The summed E-state index contributed by atoms with van der Waals surface area (Å²) in [6.45, 7) is 1.67. The molecule has 1 aromatic carbocycles. The molecule has 1 aromatic heterocycles. The Kier molecular flexibility index (Phi) is 4.84. The average molecular weight is 322 g/mol. The van der Waals surface area contributed by atoms with Gasteiger partial charge in [-0.25, -0.2) is 9.18 Å². The van der Waals surface area contributed by atoms with Gasteiger partial charge in [-0.3, -0.25) is 4.79 Å². The summed E-state index contributed by atoms with van der Waals surface area (Å²) in [5.41, 5.74) is 0.432. The number of halogens is 1. The molecule has 0 fully saturated rings. The Balaban J connectivity index is 2.14. The smallest absolute Gasteiger partial charge is 0.321 e. The molecule has 10 heteroatoms. The number of carboxylic acids is 1. The van der Waals surface area contributed by atoms with E-state index in [1.54, 1.807) is 6.92 Å². The topological polar surface area (TPSA) is 113 Å². The minimum absolute atomic E-state index is 0.0569. The van der Waals surface area contributed by atoms with E-state index >= 15 is 0 Å². The van der Waals surface area contributed by atoms with Crippen LogP contribution in [-0.2, 0) is 4.79 Å². The fraction of sp³-hybridized carbons (Fsp3) is 0.308. The molecular formula is C13H15FN6O3. The molecule has 9 nitrogen and oxygen atoms in total. The first kappa shape index (κ1) is 16.3. The number of hydrogen-bond acceptors (Lipinski definition) is 5. The molecule has 2 rings (SSSR count). The van der Waals surface area contributed by atoms with Crippen molar-refractivity contribution in [2.75, 3.05) is 18.9 Å². The van der Waals surface area contributed by atoms with E-state index in [2.05, 4.69) is 20.8 Å². The Labute approximate surface area is 130 Å². The second-order valence-electron chi connectivity index (χ2n) is 4.80. The van der Waals surface area contributed by atoms with E-state index in [0.29, 0.717) is 11.5 Å². The third-order valence-electron chi connectivity index (χ3n) is 3.06. The Morgan fingerprint density at radius 3 is 2.78 bits per heavy atom. The molecule has 2 amide bonds. The normalized spacial score (nSPS) is 10.4. The molecule has 23 heavy (non-hydrogen) atoms. The number of rotatable bonds is 5. The standard InChI is InChI=1S/C13H15FN6O3/c1-8-16-17-18-20(8)11-7-9(3-4-10(11)14)15-13(23)19(2)6-5-12(21)22/h3-4,7H,5-6H2,1-2H3,(H,15,23)(H,21,22). The second kappa shape index (κ2) is 6.81. The summed E-state index contributed by atoms with van der Waals surface area (Å²) >= 11 is 0. The molecule has 0 bridgehead atoms. The number of carbonyl (C=O) groups is 2. The van der Waals surface area contributed by atoms with E-state index in [4.69, 9.17) is 5.11 Å². The zero-order valence-electron chi connectivity index (χ0n) is 12.5. The second-order valence-corrected chi connectivity index (χ2v) is 4.80. The van der Waals surface area contributed by atoms with Crippen LogP contribution in [-0.4, -0.2) is 55.8 Å². The minimum Gasteiger partial charge on any atom is -0.481 e.